The molecule has 3 rings (SSSR count). The van der Waals surface area contributed by atoms with E-state index >= 15 is 0 Å². The Morgan fingerprint density at radius 3 is 2.22 bits per heavy atom. The average molecular weight is 643 g/mol. The topological polar surface area (TPSA) is 204 Å². The van der Waals surface area contributed by atoms with Crippen LogP contribution in [-0.2, 0) is 60.7 Å². The van der Waals surface area contributed by atoms with Gasteiger partial charge in [-0.1, -0.05) is 5.21 Å². The van der Waals surface area contributed by atoms with Crippen molar-refractivity contribution < 1.29 is 66.3 Å². The van der Waals surface area contributed by atoms with E-state index in [2.05, 4.69) is 15.6 Å². The minimum Gasteiger partial charge on any atom is -0.463 e. The van der Waals surface area contributed by atoms with Gasteiger partial charge in [0.1, 0.15) is 18.4 Å². The molecule has 45 heavy (non-hydrogen) atoms. The van der Waals surface area contributed by atoms with E-state index in [0.29, 0.717) is 0 Å². The van der Waals surface area contributed by atoms with Crippen molar-refractivity contribution in [3.63, 3.8) is 0 Å². The second kappa shape index (κ2) is 16.0. The molecule has 0 aliphatic carbocycles. The minimum atomic E-state index is -1.49. The summed E-state index contributed by atoms with van der Waals surface area (Å²) in [6.45, 7) is 3.19. The molecule has 0 radical (unpaired) electrons. The van der Waals surface area contributed by atoms with Crippen LogP contribution in [0, 0.1) is 11.6 Å². The molecule has 0 saturated carbocycles. The third-order valence-corrected chi connectivity index (χ3v) is 6.00. The molecule has 1 aromatic carbocycles. The molecule has 1 aliphatic heterocycles. The Morgan fingerprint density at radius 2 is 1.60 bits per heavy atom. The van der Waals surface area contributed by atoms with Crippen molar-refractivity contribution in [2.45, 2.75) is 77.6 Å². The van der Waals surface area contributed by atoms with Gasteiger partial charge in [-0.3, -0.25) is 24.0 Å². The first kappa shape index (κ1) is 34.9. The van der Waals surface area contributed by atoms with Gasteiger partial charge in [0.2, 0.25) is 0 Å². The highest BCUT2D eigenvalue weighted by Gasteiger charge is 2.52. The predicted molar refractivity (Wildman–Crippen MR) is 141 cm³/mol. The van der Waals surface area contributed by atoms with E-state index in [0.717, 1.165) is 45.9 Å². The van der Waals surface area contributed by atoms with Gasteiger partial charge in [0.25, 0.3) is 5.91 Å². The summed E-state index contributed by atoms with van der Waals surface area (Å²) in [7, 11) is 0. The zero-order valence-electron chi connectivity index (χ0n) is 24.6. The zero-order valence-corrected chi connectivity index (χ0v) is 24.6. The van der Waals surface area contributed by atoms with E-state index in [9.17, 15) is 37.9 Å². The Bertz CT molecular complexity index is 1390. The van der Waals surface area contributed by atoms with Crippen LogP contribution in [0.5, 0.6) is 0 Å². The lowest BCUT2D eigenvalue weighted by atomic mass is 9.98. The van der Waals surface area contributed by atoms with Gasteiger partial charge in [0.15, 0.2) is 36.2 Å². The first-order chi connectivity index (χ1) is 21.2. The van der Waals surface area contributed by atoms with Crippen molar-refractivity contribution in [1.29, 1.82) is 0 Å². The van der Waals surface area contributed by atoms with E-state index in [1.165, 1.54) is 10.9 Å². The molecule has 0 spiro atoms. The lowest BCUT2D eigenvalue weighted by molar-refractivity contribution is -0.311. The fourth-order valence-electron chi connectivity index (χ4n) is 4.22. The number of benzene rings is 1. The highest BCUT2D eigenvalue weighted by molar-refractivity contribution is 5.94. The second-order valence-electron chi connectivity index (χ2n) is 9.80. The summed E-state index contributed by atoms with van der Waals surface area (Å²) in [6.07, 6.45) is -6.84. The van der Waals surface area contributed by atoms with Crippen LogP contribution in [0.2, 0.25) is 0 Å². The fourth-order valence-corrected chi connectivity index (χ4v) is 4.22. The van der Waals surface area contributed by atoms with Crippen LogP contribution in [0.3, 0.4) is 0 Å². The molecular formula is C27H32F2N4O12. The maximum Gasteiger partial charge on any atom is 0.303 e. The Labute approximate surface area is 254 Å². The summed E-state index contributed by atoms with van der Waals surface area (Å²) in [5.41, 5.74) is 0.176. The van der Waals surface area contributed by atoms with Crippen molar-refractivity contribution in [3.05, 3.63) is 47.3 Å². The van der Waals surface area contributed by atoms with Crippen LogP contribution in [0.1, 0.15) is 43.7 Å². The van der Waals surface area contributed by atoms with Gasteiger partial charge >= 0.3 is 23.9 Å². The maximum atomic E-state index is 13.4. The third kappa shape index (κ3) is 10.5. The largest absolute Gasteiger partial charge is 0.463 e. The van der Waals surface area contributed by atoms with E-state index < -0.39 is 91.4 Å². The number of carbonyl (C=O) groups excluding carboxylic acids is 5. The number of hydrogen-bond acceptors (Lipinski definition) is 14. The summed E-state index contributed by atoms with van der Waals surface area (Å²) in [5, 5.41) is 20.8. The highest BCUT2D eigenvalue weighted by Crippen LogP contribution is 2.30. The van der Waals surface area contributed by atoms with Gasteiger partial charge in [-0.25, -0.2) is 13.5 Å². The molecule has 1 aromatic heterocycles. The van der Waals surface area contributed by atoms with Crippen molar-refractivity contribution in [2.75, 3.05) is 13.2 Å². The number of aromatic nitrogens is 3. The quantitative estimate of drug-likeness (QED) is 0.217. The number of ether oxygens (including phenoxy) is 6. The standard InChI is InChI=1S/C27H32F2N4O12/c1-13(34)40-12-22-23(42-14(2)35)24(43-15(3)36)25(44-16(4)37)27(45-22)41-11-19(38)10-33-9-18(31-32-33)8-30-26(39)17-5-6-20(28)21(29)7-17/h5-7,9,19,22-25,27,38H,8,10-12H2,1-4H3,(H,30,39)/t19?,22-,23+,24+,25-,27+/m1/s1. The number of nitrogens with zero attached hydrogens (tertiary/aromatic N) is 3. The smallest absolute Gasteiger partial charge is 0.303 e. The lowest BCUT2D eigenvalue weighted by Crippen LogP contribution is -2.63. The third-order valence-electron chi connectivity index (χ3n) is 6.00. The SMILES string of the molecule is CC(=O)OC[C@H]1O[C@H](OCC(O)Cn2cc(CNC(=O)c3ccc(F)c(F)c3)nn2)[C@H](OC(C)=O)[C@@H](OC(C)=O)[C@H]1OC(C)=O. The summed E-state index contributed by atoms with van der Waals surface area (Å²) >= 11 is 0. The average Bonchev–Trinajstić information content (AvgIpc) is 3.39. The van der Waals surface area contributed by atoms with E-state index in [1.54, 1.807) is 0 Å². The minimum absolute atomic E-state index is 0.101. The Hall–Kier alpha value is -4.55. The van der Waals surface area contributed by atoms with Crippen molar-refractivity contribution in [1.82, 2.24) is 20.3 Å². The van der Waals surface area contributed by atoms with Crippen LogP contribution >= 0.6 is 0 Å². The molecule has 0 bridgehead atoms. The Morgan fingerprint density at radius 1 is 0.956 bits per heavy atom. The summed E-state index contributed by atoms with van der Waals surface area (Å²) in [4.78, 5) is 59.4. The molecule has 1 fully saturated rings. The molecular weight excluding hydrogens is 610 g/mol. The Kier molecular flexibility index (Phi) is 12.4. The van der Waals surface area contributed by atoms with Gasteiger partial charge in [-0.2, -0.15) is 0 Å². The molecule has 1 saturated heterocycles. The number of amides is 1. The van der Waals surface area contributed by atoms with Crippen molar-refractivity contribution in [2.24, 2.45) is 0 Å². The predicted octanol–water partition coefficient (Wildman–Crippen LogP) is -0.0531. The number of aliphatic hydroxyl groups is 1. The molecule has 1 aliphatic rings. The van der Waals surface area contributed by atoms with Crippen LogP contribution in [0.4, 0.5) is 8.78 Å². The number of esters is 4. The van der Waals surface area contributed by atoms with E-state index in [4.69, 9.17) is 28.4 Å². The lowest BCUT2D eigenvalue weighted by Gasteiger charge is -2.44. The Balaban J connectivity index is 1.66. The zero-order chi connectivity index (χ0) is 33.3. The van der Waals surface area contributed by atoms with Crippen LogP contribution in [-0.4, -0.2) is 99.9 Å². The molecule has 6 atom stereocenters. The molecule has 1 unspecified atom stereocenters. The first-order valence-electron chi connectivity index (χ1n) is 13.5. The molecule has 2 heterocycles. The van der Waals surface area contributed by atoms with E-state index in [-0.39, 0.29) is 24.3 Å². The maximum absolute atomic E-state index is 13.4. The molecule has 18 heteroatoms. The normalized spacial score (nSPS) is 21.7. The van der Waals surface area contributed by atoms with Crippen LogP contribution in [0.25, 0.3) is 0 Å². The highest BCUT2D eigenvalue weighted by atomic mass is 19.2. The van der Waals surface area contributed by atoms with Gasteiger partial charge < -0.3 is 38.8 Å². The molecule has 16 nitrogen and oxygen atoms in total. The summed E-state index contributed by atoms with van der Waals surface area (Å²) < 4.78 is 60.2. The number of carbonyl (C=O) groups is 5. The van der Waals surface area contributed by atoms with Crippen LogP contribution < -0.4 is 5.32 Å². The fraction of sp³-hybridized carbons (Fsp3) is 0.519. The summed E-state index contributed by atoms with van der Waals surface area (Å²) in [5.74, 6) is -6.05. The molecule has 1 amide bonds. The molecule has 2 aromatic rings. The number of nitrogens with one attached hydrogen (secondary N) is 1. The first-order valence-corrected chi connectivity index (χ1v) is 13.5. The molecule has 2 N–H and O–H groups in total. The summed E-state index contributed by atoms with van der Waals surface area (Å²) in [6, 6.07) is 2.70. The van der Waals surface area contributed by atoms with Crippen molar-refractivity contribution in [3.8, 4) is 0 Å². The monoisotopic (exact) mass is 642 g/mol. The number of halogens is 2. The van der Waals surface area contributed by atoms with Gasteiger partial charge in [-0.15, -0.1) is 5.10 Å². The number of aliphatic hydroxyl groups excluding tert-OH is 1. The van der Waals surface area contributed by atoms with Crippen molar-refractivity contribution >= 4 is 29.8 Å². The number of rotatable bonds is 13. The van der Waals surface area contributed by atoms with Crippen LogP contribution in [0.15, 0.2) is 24.4 Å². The van der Waals surface area contributed by atoms with Gasteiger partial charge in [0, 0.05) is 33.3 Å². The second-order valence-corrected chi connectivity index (χ2v) is 9.80. The van der Waals surface area contributed by atoms with Gasteiger partial charge in [0.05, 0.1) is 32.0 Å². The van der Waals surface area contributed by atoms with Gasteiger partial charge in [-0.05, 0) is 18.2 Å². The number of hydrogen-bond donors (Lipinski definition) is 2. The van der Waals surface area contributed by atoms with E-state index in [1.807, 2.05) is 0 Å². The molecule has 246 valence electrons.